The third-order valence-electron chi connectivity index (χ3n) is 7.63. The number of carbonyl (C=O) groups excluding carboxylic acids is 1. The third kappa shape index (κ3) is 7.12. The molecule has 0 amide bonds. The minimum Gasteiger partial charge on any atom is -0.463 e. The van der Waals surface area contributed by atoms with E-state index in [4.69, 9.17) is 18.3 Å². The second-order valence-corrected chi connectivity index (χ2v) is 22.0. The van der Waals surface area contributed by atoms with Gasteiger partial charge in [-0.15, -0.1) is 0 Å². The van der Waals surface area contributed by atoms with Gasteiger partial charge in [0.1, 0.15) is 24.9 Å². The lowest BCUT2D eigenvalue weighted by molar-refractivity contribution is -0.150. The van der Waals surface area contributed by atoms with Crippen LogP contribution in [0.25, 0.3) is 0 Å². The van der Waals surface area contributed by atoms with Crippen LogP contribution < -0.4 is 5.69 Å². The maximum Gasteiger partial charge on any atom is 0.349 e. The predicted molar refractivity (Wildman–Crippen MR) is 142 cm³/mol. The zero-order chi connectivity index (χ0) is 26.8. The van der Waals surface area contributed by atoms with Crippen molar-refractivity contribution in [2.45, 2.75) is 122 Å². The lowest BCUT2D eigenvalue weighted by Gasteiger charge is -2.44. The summed E-state index contributed by atoms with van der Waals surface area (Å²) in [5.74, 6) is -0.272. The predicted octanol–water partition coefficient (Wildman–Crippen LogP) is 5.26. The van der Waals surface area contributed by atoms with Crippen molar-refractivity contribution in [3.05, 3.63) is 28.9 Å². The van der Waals surface area contributed by atoms with Gasteiger partial charge in [-0.05, 0) is 48.8 Å². The highest BCUT2D eigenvalue weighted by Gasteiger charge is 2.54. The molecular weight excluding hydrogens is 480 g/mol. The maximum absolute atomic E-state index is 12.7. The van der Waals surface area contributed by atoms with Crippen molar-refractivity contribution in [2.75, 3.05) is 6.61 Å². The molecule has 1 saturated heterocycles. The number of rotatable bonds is 9. The summed E-state index contributed by atoms with van der Waals surface area (Å²) in [6, 6.07) is 1.70. The van der Waals surface area contributed by atoms with E-state index in [1.54, 1.807) is 12.3 Å². The summed E-state index contributed by atoms with van der Waals surface area (Å²) in [4.78, 5) is 28.9. The number of hydrogen-bond donors (Lipinski definition) is 0. The molecule has 0 spiro atoms. The summed E-state index contributed by atoms with van der Waals surface area (Å²) in [7, 11) is -4.58. The van der Waals surface area contributed by atoms with Crippen molar-refractivity contribution in [3.63, 3.8) is 0 Å². The van der Waals surface area contributed by atoms with E-state index >= 15 is 0 Å². The first-order chi connectivity index (χ1) is 15.9. The Morgan fingerprint density at radius 1 is 1.03 bits per heavy atom. The van der Waals surface area contributed by atoms with Gasteiger partial charge in [0, 0.05) is 18.8 Å². The summed E-state index contributed by atoms with van der Waals surface area (Å²) < 4.78 is 27.3. The normalized spacial score (nSPS) is 24.0. The van der Waals surface area contributed by atoms with Gasteiger partial charge in [0.05, 0.1) is 0 Å². The average Bonchev–Trinajstić information content (AvgIpc) is 3.01. The van der Waals surface area contributed by atoms with Crippen LogP contribution in [0.1, 0.15) is 67.5 Å². The summed E-state index contributed by atoms with van der Waals surface area (Å²) in [5.41, 5.74) is -0.420. The van der Waals surface area contributed by atoms with E-state index in [0.717, 1.165) is 0 Å². The molecule has 0 bridgehead atoms. The zero-order valence-corrected chi connectivity index (χ0v) is 25.5. The number of ether oxygens (including phenoxy) is 2. The second kappa shape index (κ2) is 11.0. The van der Waals surface area contributed by atoms with Gasteiger partial charge in [0.25, 0.3) is 0 Å². The van der Waals surface area contributed by atoms with Crippen LogP contribution in [0.15, 0.2) is 23.3 Å². The van der Waals surface area contributed by atoms with Crippen LogP contribution in [0.5, 0.6) is 0 Å². The molecule has 0 aliphatic carbocycles. The molecule has 1 aromatic heterocycles. The van der Waals surface area contributed by atoms with Crippen molar-refractivity contribution in [1.29, 1.82) is 0 Å². The quantitative estimate of drug-likeness (QED) is 0.320. The molecule has 2 rings (SSSR count). The topological polar surface area (TPSA) is 88.9 Å². The standard InChI is InChI=1S/C25H46N2O6Si2/c1-12-14-19(28)30-17-18-20(32-34(8,9)24(2,3)4)21(33-35(10,11)25(5,6)7)22(31-18)27-16-13-15-26-23(27)29/h13,15-16,18,20-22H,12,14,17H2,1-11H3/t18-,20-,21-,22-/m1/s1. The van der Waals surface area contributed by atoms with Crippen molar-refractivity contribution >= 4 is 22.6 Å². The second-order valence-electron chi connectivity index (χ2n) is 12.5. The Morgan fingerprint density at radius 3 is 2.06 bits per heavy atom. The smallest absolute Gasteiger partial charge is 0.349 e. The van der Waals surface area contributed by atoms with E-state index in [1.165, 1.54) is 10.8 Å². The van der Waals surface area contributed by atoms with Crippen LogP contribution in [0.4, 0.5) is 0 Å². The van der Waals surface area contributed by atoms with Crippen LogP contribution in [0, 0.1) is 0 Å². The Kier molecular flexibility index (Phi) is 9.36. The first-order valence-corrected chi connectivity index (χ1v) is 18.4. The SMILES string of the molecule is CCCC(=O)OC[C@H]1O[C@@H](n2cccnc2=O)[C@H](O[Si](C)(C)C(C)(C)C)[C@@H]1O[Si](C)(C)C(C)(C)C. The molecule has 200 valence electrons. The van der Waals surface area contributed by atoms with Crippen LogP contribution in [0.3, 0.4) is 0 Å². The van der Waals surface area contributed by atoms with Gasteiger partial charge < -0.3 is 18.3 Å². The number of hydrogen-bond acceptors (Lipinski definition) is 7. The summed E-state index contributed by atoms with van der Waals surface area (Å²) >= 11 is 0. The molecule has 1 aromatic rings. The summed E-state index contributed by atoms with van der Waals surface area (Å²) in [6.45, 7) is 23.7. The molecule has 10 heteroatoms. The van der Waals surface area contributed by atoms with Crippen molar-refractivity contribution in [2.24, 2.45) is 0 Å². The Hall–Kier alpha value is -1.34. The molecule has 0 radical (unpaired) electrons. The highest BCUT2D eigenvalue weighted by Crippen LogP contribution is 2.45. The van der Waals surface area contributed by atoms with Gasteiger partial charge in [0.2, 0.25) is 0 Å². The van der Waals surface area contributed by atoms with Gasteiger partial charge in [-0.3, -0.25) is 9.36 Å². The van der Waals surface area contributed by atoms with Gasteiger partial charge >= 0.3 is 11.7 Å². The average molecular weight is 527 g/mol. The van der Waals surface area contributed by atoms with E-state index in [2.05, 4.69) is 72.7 Å². The molecule has 0 unspecified atom stereocenters. The molecule has 8 nitrogen and oxygen atoms in total. The highest BCUT2D eigenvalue weighted by molar-refractivity contribution is 6.74. The van der Waals surface area contributed by atoms with Gasteiger partial charge in [-0.25, -0.2) is 9.78 Å². The third-order valence-corrected chi connectivity index (χ3v) is 16.6. The van der Waals surface area contributed by atoms with Crippen LogP contribution in [0.2, 0.25) is 36.3 Å². The van der Waals surface area contributed by atoms with Gasteiger partial charge in [0.15, 0.2) is 22.9 Å². The number of nitrogens with zero attached hydrogens (tertiary/aromatic N) is 2. The largest absolute Gasteiger partial charge is 0.463 e. The fourth-order valence-electron chi connectivity index (χ4n) is 3.38. The van der Waals surface area contributed by atoms with Crippen molar-refractivity contribution in [1.82, 2.24) is 9.55 Å². The fourth-order valence-corrected chi connectivity index (χ4v) is 5.99. The van der Waals surface area contributed by atoms with Crippen LogP contribution >= 0.6 is 0 Å². The zero-order valence-electron chi connectivity index (χ0n) is 23.5. The molecule has 0 N–H and O–H groups in total. The maximum atomic E-state index is 12.7. The minimum absolute atomic E-state index is 0.0427. The molecule has 2 heterocycles. The van der Waals surface area contributed by atoms with Crippen molar-refractivity contribution in [3.8, 4) is 0 Å². The number of carbonyl (C=O) groups is 1. The summed E-state index contributed by atoms with van der Waals surface area (Å²) in [5, 5.41) is -0.119. The number of aromatic nitrogens is 2. The fraction of sp³-hybridized carbons (Fsp3) is 0.800. The molecular formula is C25H46N2O6Si2. The number of esters is 1. The van der Waals surface area contributed by atoms with E-state index in [1.807, 2.05) is 6.92 Å². The Bertz CT molecular complexity index is 920. The molecule has 0 saturated carbocycles. The van der Waals surface area contributed by atoms with E-state index < -0.39 is 46.9 Å². The van der Waals surface area contributed by atoms with Gasteiger partial charge in [-0.1, -0.05) is 48.5 Å². The summed E-state index contributed by atoms with van der Waals surface area (Å²) in [6.07, 6.45) is 1.81. The van der Waals surface area contributed by atoms with E-state index in [-0.39, 0.29) is 22.7 Å². The van der Waals surface area contributed by atoms with Crippen LogP contribution in [-0.2, 0) is 23.1 Å². The Balaban J connectivity index is 2.56. The Labute approximate surface area is 213 Å². The Morgan fingerprint density at radius 2 is 1.57 bits per heavy atom. The highest BCUT2D eigenvalue weighted by atomic mass is 28.4. The molecule has 1 aliphatic rings. The van der Waals surface area contributed by atoms with Gasteiger partial charge in [-0.2, -0.15) is 0 Å². The monoisotopic (exact) mass is 526 g/mol. The first-order valence-electron chi connectivity index (χ1n) is 12.6. The molecule has 0 aromatic carbocycles. The lowest BCUT2D eigenvalue weighted by Crippen LogP contribution is -2.54. The van der Waals surface area contributed by atoms with Crippen LogP contribution in [-0.4, -0.2) is 57.1 Å². The van der Waals surface area contributed by atoms with Crippen molar-refractivity contribution < 1.29 is 23.1 Å². The molecule has 4 atom stereocenters. The molecule has 35 heavy (non-hydrogen) atoms. The lowest BCUT2D eigenvalue weighted by atomic mass is 10.1. The van der Waals surface area contributed by atoms with E-state index in [0.29, 0.717) is 12.8 Å². The first kappa shape index (κ1) is 29.9. The van der Waals surface area contributed by atoms with E-state index in [9.17, 15) is 9.59 Å². The minimum atomic E-state index is -2.30. The molecule has 1 aliphatic heterocycles. The molecule has 1 fully saturated rings.